The van der Waals surface area contributed by atoms with E-state index >= 15 is 0 Å². The Morgan fingerprint density at radius 3 is 2.82 bits per heavy atom. The number of benzene rings is 1. The second kappa shape index (κ2) is 5.91. The van der Waals surface area contributed by atoms with Crippen molar-refractivity contribution in [2.24, 2.45) is 0 Å². The van der Waals surface area contributed by atoms with E-state index in [-0.39, 0.29) is 36.6 Å². The number of halogens is 2. The molecule has 1 saturated heterocycles. The summed E-state index contributed by atoms with van der Waals surface area (Å²) in [6, 6.07) is 4.38. The summed E-state index contributed by atoms with van der Waals surface area (Å²) in [6.45, 7) is 4.30. The van der Waals surface area contributed by atoms with Gasteiger partial charge in [-0.2, -0.15) is 0 Å². The molecule has 0 radical (unpaired) electrons. The number of amides is 1. The maximum absolute atomic E-state index is 12.4. The van der Waals surface area contributed by atoms with Gasteiger partial charge in [0.05, 0.1) is 15.7 Å². The van der Waals surface area contributed by atoms with Gasteiger partial charge in [-0.1, -0.05) is 29.3 Å². The van der Waals surface area contributed by atoms with Gasteiger partial charge in [0.1, 0.15) is 6.61 Å². The fourth-order valence-corrected chi connectivity index (χ4v) is 4.39. The van der Waals surface area contributed by atoms with Crippen LogP contribution in [0.3, 0.4) is 0 Å². The van der Waals surface area contributed by atoms with E-state index in [9.17, 15) is 4.79 Å². The zero-order chi connectivity index (χ0) is 16.0. The molecule has 22 heavy (non-hydrogen) atoms. The number of carbonyl (C=O) groups excluding carboxylic acids is 1. The van der Waals surface area contributed by atoms with Gasteiger partial charge in [-0.3, -0.25) is 4.79 Å². The average molecular weight is 343 g/mol. The van der Waals surface area contributed by atoms with Crippen LogP contribution in [-0.2, 0) is 9.53 Å². The van der Waals surface area contributed by atoms with Gasteiger partial charge in [-0.15, -0.1) is 0 Å². The van der Waals surface area contributed by atoms with Crippen LogP contribution in [0.25, 0.3) is 0 Å². The molecule has 0 aliphatic carbocycles. The maximum atomic E-state index is 12.4. The predicted octanol–water partition coefficient (Wildman–Crippen LogP) is 3.53. The number of hydrogen-bond donors (Lipinski definition) is 1. The van der Waals surface area contributed by atoms with E-state index in [1.165, 1.54) is 0 Å². The highest BCUT2D eigenvalue weighted by atomic mass is 35.5. The molecule has 3 rings (SSSR count). The molecule has 1 fully saturated rings. The lowest BCUT2D eigenvalue weighted by Crippen LogP contribution is -2.56. The minimum atomic E-state index is 0.0365. The highest BCUT2D eigenvalue weighted by Crippen LogP contribution is 2.49. The van der Waals surface area contributed by atoms with Gasteiger partial charge >= 0.3 is 0 Å². The van der Waals surface area contributed by atoms with Crippen molar-refractivity contribution in [1.29, 1.82) is 0 Å². The molecule has 1 N–H and O–H groups in total. The first-order chi connectivity index (χ1) is 10.5. The summed E-state index contributed by atoms with van der Waals surface area (Å²) in [6.07, 6.45) is 0.882. The molecule has 0 saturated carbocycles. The minimum Gasteiger partial charge on any atom is -0.380 e. The molecule has 1 aromatic carbocycles. The summed E-state index contributed by atoms with van der Waals surface area (Å²) in [4.78, 5) is 14.3. The summed E-state index contributed by atoms with van der Waals surface area (Å²) in [5.41, 5.74) is 2.07. The SMILES string of the molecule is COCC(=O)N1[C@H](C)CC2Nc3c(ccc(Cl)c3Cl)C2[C@@H]1C. The molecular weight excluding hydrogens is 323 g/mol. The van der Waals surface area contributed by atoms with Crippen LogP contribution in [0.2, 0.25) is 10.0 Å². The number of rotatable bonds is 2. The number of fused-ring (bicyclic) bond motifs is 3. The van der Waals surface area contributed by atoms with Crippen molar-refractivity contribution < 1.29 is 9.53 Å². The second-order valence-corrected chi connectivity index (χ2v) is 6.95. The molecule has 0 spiro atoms. The van der Waals surface area contributed by atoms with Crippen LogP contribution in [0.5, 0.6) is 0 Å². The summed E-state index contributed by atoms with van der Waals surface area (Å²) in [5.74, 6) is 0.260. The van der Waals surface area contributed by atoms with Crippen molar-refractivity contribution in [3.63, 3.8) is 0 Å². The summed E-state index contributed by atoms with van der Waals surface area (Å²) in [7, 11) is 1.55. The Hall–Kier alpha value is -0.970. The third kappa shape index (κ3) is 2.38. The Labute approximate surface area is 140 Å². The van der Waals surface area contributed by atoms with E-state index in [0.29, 0.717) is 10.0 Å². The lowest BCUT2D eigenvalue weighted by atomic mass is 9.80. The van der Waals surface area contributed by atoms with Crippen LogP contribution >= 0.6 is 23.2 Å². The van der Waals surface area contributed by atoms with Crippen molar-refractivity contribution in [3.8, 4) is 0 Å². The van der Waals surface area contributed by atoms with Crippen molar-refractivity contribution in [3.05, 3.63) is 27.7 Å². The van der Waals surface area contributed by atoms with Crippen molar-refractivity contribution >= 4 is 34.8 Å². The third-order valence-electron chi connectivity index (χ3n) is 4.83. The highest BCUT2D eigenvalue weighted by Gasteiger charge is 2.46. The summed E-state index contributed by atoms with van der Waals surface area (Å²) < 4.78 is 5.02. The van der Waals surface area contributed by atoms with E-state index in [0.717, 1.165) is 17.7 Å². The fourth-order valence-electron chi connectivity index (χ4n) is 4.01. The van der Waals surface area contributed by atoms with E-state index in [2.05, 4.69) is 19.2 Å². The van der Waals surface area contributed by atoms with Gasteiger partial charge in [-0.25, -0.2) is 0 Å². The Bertz CT molecular complexity index is 608. The topological polar surface area (TPSA) is 41.6 Å². The number of nitrogens with one attached hydrogen (secondary N) is 1. The molecule has 4 atom stereocenters. The maximum Gasteiger partial charge on any atom is 0.249 e. The number of methoxy groups -OCH3 is 1. The fraction of sp³-hybridized carbons (Fsp3) is 0.562. The number of nitrogens with zero attached hydrogens (tertiary/aromatic N) is 1. The van der Waals surface area contributed by atoms with Gasteiger partial charge < -0.3 is 15.0 Å². The van der Waals surface area contributed by atoms with Crippen molar-refractivity contribution in [1.82, 2.24) is 4.90 Å². The largest absolute Gasteiger partial charge is 0.380 e. The molecule has 120 valence electrons. The molecule has 2 aliphatic rings. The zero-order valence-electron chi connectivity index (χ0n) is 12.9. The molecule has 6 heteroatoms. The molecule has 2 aliphatic heterocycles. The standard InChI is InChI=1S/C16H20Cl2N2O2/c1-8-6-12-14(9(2)20(8)13(21)7-22-3)10-4-5-11(17)15(18)16(10)19-12/h4-5,8-9,12,14,19H,6-7H2,1-3H3/t8-,9+,12?,14?/m1/s1. The molecule has 0 aromatic heterocycles. The van der Waals surface area contributed by atoms with Crippen LogP contribution in [-0.4, -0.2) is 42.6 Å². The molecule has 4 nitrogen and oxygen atoms in total. The average Bonchev–Trinajstić information content (AvgIpc) is 2.82. The van der Waals surface area contributed by atoms with Gasteiger partial charge in [0.25, 0.3) is 0 Å². The van der Waals surface area contributed by atoms with Crippen LogP contribution in [0.1, 0.15) is 31.7 Å². The molecule has 2 unspecified atom stereocenters. The van der Waals surface area contributed by atoms with E-state index in [1.807, 2.05) is 17.0 Å². The number of likely N-dealkylation sites (tertiary alicyclic amines) is 1. The first-order valence-electron chi connectivity index (χ1n) is 7.50. The van der Waals surface area contributed by atoms with Crippen molar-refractivity contribution in [2.45, 2.75) is 44.3 Å². The van der Waals surface area contributed by atoms with Gasteiger partial charge in [0, 0.05) is 31.2 Å². The molecule has 1 amide bonds. The van der Waals surface area contributed by atoms with E-state index < -0.39 is 0 Å². The number of hydrogen-bond acceptors (Lipinski definition) is 3. The normalized spacial score (nSPS) is 29.8. The van der Waals surface area contributed by atoms with Crippen molar-refractivity contribution in [2.75, 3.05) is 19.0 Å². The Morgan fingerprint density at radius 1 is 1.41 bits per heavy atom. The lowest BCUT2D eigenvalue weighted by Gasteiger charge is -2.45. The molecule has 0 bridgehead atoms. The molecule has 1 aromatic rings. The van der Waals surface area contributed by atoms with Gasteiger partial charge in [-0.05, 0) is 31.9 Å². The number of ether oxygens (including phenoxy) is 1. The Morgan fingerprint density at radius 2 is 2.14 bits per heavy atom. The number of piperidine rings is 1. The first kappa shape index (κ1) is 15.9. The predicted molar refractivity (Wildman–Crippen MR) is 88.9 cm³/mol. The van der Waals surface area contributed by atoms with E-state index in [1.54, 1.807) is 7.11 Å². The highest BCUT2D eigenvalue weighted by molar-refractivity contribution is 6.43. The summed E-state index contributed by atoms with van der Waals surface area (Å²) in [5, 5.41) is 4.64. The first-order valence-corrected chi connectivity index (χ1v) is 8.25. The smallest absolute Gasteiger partial charge is 0.249 e. The van der Waals surface area contributed by atoms with Crippen LogP contribution in [0, 0.1) is 0 Å². The van der Waals surface area contributed by atoms with Gasteiger partial charge in [0.2, 0.25) is 5.91 Å². The third-order valence-corrected chi connectivity index (χ3v) is 5.64. The minimum absolute atomic E-state index is 0.0365. The van der Waals surface area contributed by atoms with Crippen LogP contribution in [0.4, 0.5) is 5.69 Å². The Balaban J connectivity index is 1.96. The monoisotopic (exact) mass is 342 g/mol. The summed E-state index contributed by atoms with van der Waals surface area (Å²) >= 11 is 12.5. The van der Waals surface area contributed by atoms with Crippen LogP contribution in [0.15, 0.2) is 12.1 Å². The quantitative estimate of drug-likeness (QED) is 0.893. The number of anilines is 1. The zero-order valence-corrected chi connectivity index (χ0v) is 14.4. The number of carbonyl (C=O) groups is 1. The second-order valence-electron chi connectivity index (χ2n) is 6.16. The lowest BCUT2D eigenvalue weighted by molar-refractivity contribution is -0.142. The molecular formula is C16H20Cl2N2O2. The van der Waals surface area contributed by atoms with Crippen LogP contribution < -0.4 is 5.32 Å². The molecule has 2 heterocycles. The van der Waals surface area contributed by atoms with E-state index in [4.69, 9.17) is 27.9 Å². The Kier molecular flexibility index (Phi) is 4.27. The van der Waals surface area contributed by atoms with Gasteiger partial charge in [0.15, 0.2) is 0 Å².